The molecule has 3 N–H and O–H groups in total. The zero-order chi connectivity index (χ0) is 14.0. The Hall–Kier alpha value is -2.15. The lowest BCUT2D eigenvalue weighted by atomic mass is 9.99. The van der Waals surface area contributed by atoms with Crippen LogP contribution in [-0.4, -0.2) is 46.5 Å². The van der Waals surface area contributed by atoms with Crippen LogP contribution in [0.3, 0.4) is 0 Å². The predicted molar refractivity (Wildman–Crippen MR) is 64.1 cm³/mol. The summed E-state index contributed by atoms with van der Waals surface area (Å²) >= 11 is 0. The third-order valence-corrected chi connectivity index (χ3v) is 3.12. The molecule has 1 aromatic heterocycles. The van der Waals surface area contributed by atoms with Gasteiger partial charge in [0.05, 0.1) is 6.61 Å². The van der Waals surface area contributed by atoms with E-state index in [2.05, 4.69) is 10.3 Å². The highest BCUT2D eigenvalue weighted by Gasteiger charge is 2.44. The summed E-state index contributed by atoms with van der Waals surface area (Å²) < 4.78 is 5.04. The van der Waals surface area contributed by atoms with Crippen LogP contribution in [0.2, 0.25) is 0 Å². The van der Waals surface area contributed by atoms with E-state index in [1.165, 1.54) is 19.2 Å². The van der Waals surface area contributed by atoms with Gasteiger partial charge in [0, 0.05) is 24.8 Å². The van der Waals surface area contributed by atoms with Crippen molar-refractivity contribution in [3.63, 3.8) is 0 Å². The van der Waals surface area contributed by atoms with Crippen LogP contribution in [0.4, 0.5) is 0 Å². The topological polar surface area (TPSA) is 108 Å². The number of nitrogens with one attached hydrogen (secondary N) is 2. The molecule has 102 valence electrons. The summed E-state index contributed by atoms with van der Waals surface area (Å²) in [6, 6.07) is 1.39. The van der Waals surface area contributed by atoms with Crippen LogP contribution < -0.4 is 5.32 Å². The normalized spacial score (nSPS) is 22.2. The number of amides is 1. The van der Waals surface area contributed by atoms with Crippen LogP contribution in [0.1, 0.15) is 34.2 Å². The minimum Gasteiger partial charge on any atom is -0.479 e. The van der Waals surface area contributed by atoms with Gasteiger partial charge in [-0.05, 0) is 13.0 Å². The summed E-state index contributed by atoms with van der Waals surface area (Å²) in [6.07, 6.45) is 1.63. The summed E-state index contributed by atoms with van der Waals surface area (Å²) in [7, 11) is 0. The number of aliphatic carboxylic acids is 1. The first-order valence-electron chi connectivity index (χ1n) is 5.78. The van der Waals surface area contributed by atoms with Crippen molar-refractivity contribution in [3.8, 4) is 0 Å². The van der Waals surface area contributed by atoms with Gasteiger partial charge in [-0.1, -0.05) is 0 Å². The van der Waals surface area contributed by atoms with Crippen molar-refractivity contribution in [3.05, 3.63) is 23.5 Å². The van der Waals surface area contributed by atoms with Crippen LogP contribution in [0, 0.1) is 0 Å². The number of ketones is 1. The first-order chi connectivity index (χ1) is 8.94. The Kier molecular flexibility index (Phi) is 3.39. The van der Waals surface area contributed by atoms with Crippen molar-refractivity contribution in [2.75, 3.05) is 13.2 Å². The van der Waals surface area contributed by atoms with E-state index in [-0.39, 0.29) is 31.1 Å². The number of carboxylic acid groups (broad SMARTS) is 1. The van der Waals surface area contributed by atoms with E-state index in [9.17, 15) is 19.5 Å². The summed E-state index contributed by atoms with van der Waals surface area (Å²) in [6.45, 7) is 1.61. The first-order valence-corrected chi connectivity index (χ1v) is 5.78. The van der Waals surface area contributed by atoms with Crippen molar-refractivity contribution in [1.82, 2.24) is 10.3 Å². The third kappa shape index (κ3) is 2.50. The van der Waals surface area contributed by atoms with Gasteiger partial charge in [-0.15, -0.1) is 0 Å². The maximum Gasteiger partial charge on any atom is 0.331 e. The van der Waals surface area contributed by atoms with Crippen molar-refractivity contribution in [1.29, 1.82) is 0 Å². The number of carbonyl (C=O) groups excluding carboxylic acids is 2. The lowest BCUT2D eigenvalue weighted by Gasteiger charge is -2.23. The number of H-pyrrole nitrogens is 1. The Balaban J connectivity index is 2.15. The molecular formula is C12H14N2O5. The Morgan fingerprint density at radius 3 is 2.68 bits per heavy atom. The van der Waals surface area contributed by atoms with Crippen molar-refractivity contribution < 1.29 is 24.2 Å². The third-order valence-electron chi connectivity index (χ3n) is 3.12. The molecule has 1 aliphatic heterocycles. The first kappa shape index (κ1) is 13.3. The van der Waals surface area contributed by atoms with Crippen LogP contribution in [-0.2, 0) is 9.53 Å². The second-order valence-electron chi connectivity index (χ2n) is 4.50. The molecule has 1 unspecified atom stereocenters. The quantitative estimate of drug-likeness (QED) is 0.674. The smallest absolute Gasteiger partial charge is 0.331 e. The van der Waals surface area contributed by atoms with Gasteiger partial charge in [0.2, 0.25) is 0 Å². The Labute approximate surface area is 108 Å². The van der Waals surface area contributed by atoms with Gasteiger partial charge in [-0.25, -0.2) is 4.79 Å². The van der Waals surface area contributed by atoms with E-state index in [1.54, 1.807) is 0 Å². The average molecular weight is 266 g/mol. The van der Waals surface area contributed by atoms with Crippen molar-refractivity contribution in [2.45, 2.75) is 18.9 Å². The minimum absolute atomic E-state index is 0.0612. The summed E-state index contributed by atoms with van der Waals surface area (Å²) in [5.41, 5.74) is -0.867. The van der Waals surface area contributed by atoms with E-state index in [0.29, 0.717) is 5.56 Å². The molecule has 7 nitrogen and oxygen atoms in total. The lowest BCUT2D eigenvalue weighted by molar-refractivity contribution is -0.144. The minimum atomic E-state index is -1.39. The SMILES string of the molecule is CC(=O)c1c[nH]c(C(=O)NC2(C(=O)O)CCOC2)c1. The van der Waals surface area contributed by atoms with Gasteiger partial charge in [-0.2, -0.15) is 0 Å². The summed E-state index contributed by atoms with van der Waals surface area (Å²) in [5.74, 6) is -1.87. The lowest BCUT2D eigenvalue weighted by Crippen LogP contribution is -2.55. The highest BCUT2D eigenvalue weighted by molar-refractivity contribution is 6.00. The van der Waals surface area contributed by atoms with Gasteiger partial charge >= 0.3 is 5.97 Å². The van der Waals surface area contributed by atoms with Crippen LogP contribution in [0.25, 0.3) is 0 Å². The molecule has 1 saturated heterocycles. The van der Waals surface area contributed by atoms with E-state index >= 15 is 0 Å². The van der Waals surface area contributed by atoms with E-state index < -0.39 is 17.4 Å². The number of rotatable bonds is 4. The molecule has 0 radical (unpaired) electrons. The van der Waals surface area contributed by atoms with Gasteiger partial charge in [0.25, 0.3) is 5.91 Å². The molecule has 19 heavy (non-hydrogen) atoms. The number of carbonyl (C=O) groups is 3. The zero-order valence-electron chi connectivity index (χ0n) is 10.4. The van der Waals surface area contributed by atoms with Gasteiger partial charge in [-0.3, -0.25) is 9.59 Å². The predicted octanol–water partition coefficient (Wildman–Crippen LogP) is 0.191. The fourth-order valence-corrected chi connectivity index (χ4v) is 1.90. The second-order valence-corrected chi connectivity index (χ2v) is 4.50. The zero-order valence-corrected chi connectivity index (χ0v) is 10.4. The largest absolute Gasteiger partial charge is 0.479 e. The molecule has 0 bridgehead atoms. The fraction of sp³-hybridized carbons (Fsp3) is 0.417. The summed E-state index contributed by atoms with van der Waals surface area (Å²) in [5, 5.41) is 11.6. The molecule has 2 heterocycles. The van der Waals surface area contributed by atoms with Crippen LogP contribution >= 0.6 is 0 Å². The van der Waals surface area contributed by atoms with Gasteiger partial charge in [0.15, 0.2) is 11.3 Å². The monoisotopic (exact) mass is 266 g/mol. The number of hydrogen-bond donors (Lipinski definition) is 3. The Morgan fingerprint density at radius 1 is 1.47 bits per heavy atom. The molecule has 2 rings (SSSR count). The molecule has 1 amide bonds. The Morgan fingerprint density at radius 2 is 2.21 bits per heavy atom. The molecule has 0 spiro atoms. The Bertz CT molecular complexity index is 528. The fourth-order valence-electron chi connectivity index (χ4n) is 1.90. The number of carboxylic acids is 1. The number of hydrogen-bond acceptors (Lipinski definition) is 4. The number of Topliss-reactive ketones (excluding diaryl/α,β-unsaturated/α-hetero) is 1. The molecule has 7 heteroatoms. The average Bonchev–Trinajstić information content (AvgIpc) is 2.97. The van der Waals surface area contributed by atoms with Crippen LogP contribution in [0.15, 0.2) is 12.3 Å². The molecule has 0 aliphatic carbocycles. The highest BCUT2D eigenvalue weighted by atomic mass is 16.5. The maximum atomic E-state index is 12.0. The molecule has 1 aromatic rings. The molecular weight excluding hydrogens is 252 g/mol. The van der Waals surface area contributed by atoms with Crippen molar-refractivity contribution in [2.24, 2.45) is 0 Å². The number of aromatic nitrogens is 1. The van der Waals surface area contributed by atoms with E-state index in [0.717, 1.165) is 0 Å². The highest BCUT2D eigenvalue weighted by Crippen LogP contribution is 2.19. The molecule has 0 saturated carbocycles. The molecule has 1 atom stereocenters. The van der Waals surface area contributed by atoms with Crippen LogP contribution in [0.5, 0.6) is 0 Å². The number of ether oxygens (including phenoxy) is 1. The summed E-state index contributed by atoms with van der Waals surface area (Å²) in [4.78, 5) is 37.0. The van der Waals surface area contributed by atoms with Gasteiger partial charge < -0.3 is 20.1 Å². The number of aromatic amines is 1. The molecule has 1 fully saturated rings. The molecule has 0 aromatic carbocycles. The van der Waals surface area contributed by atoms with Crippen molar-refractivity contribution >= 4 is 17.7 Å². The molecule has 1 aliphatic rings. The second kappa shape index (κ2) is 4.85. The van der Waals surface area contributed by atoms with Gasteiger partial charge in [0.1, 0.15) is 5.69 Å². The van der Waals surface area contributed by atoms with E-state index in [4.69, 9.17) is 4.74 Å². The maximum absolute atomic E-state index is 12.0. The van der Waals surface area contributed by atoms with E-state index in [1.807, 2.05) is 0 Å². The standard InChI is InChI=1S/C12H14N2O5/c1-7(15)8-4-9(13-5-8)10(16)14-12(11(17)18)2-3-19-6-12/h4-5,13H,2-3,6H2,1H3,(H,14,16)(H,17,18).